The third kappa shape index (κ3) is 3.92. The number of hydrogen-bond donors (Lipinski definition) is 1. The molecule has 90 valence electrons. The number of rotatable bonds is 5. The molecule has 1 rings (SSSR count). The minimum absolute atomic E-state index is 0.437. The van der Waals surface area contributed by atoms with Gasteiger partial charge >= 0.3 is 0 Å². The maximum absolute atomic E-state index is 5.80. The van der Waals surface area contributed by atoms with E-state index in [1.165, 1.54) is 0 Å². The molecule has 0 aromatic carbocycles. The molecule has 6 heteroatoms. The first-order valence-corrected chi connectivity index (χ1v) is 6.80. The fourth-order valence-electron chi connectivity index (χ4n) is 1.10. The number of thioether (sulfide) groups is 1. The number of nitrogen functional groups attached to an aromatic ring is 1. The molecule has 1 aromatic heterocycles. The summed E-state index contributed by atoms with van der Waals surface area (Å²) in [4.78, 5) is 8.64. The Balaban J connectivity index is 2.86. The summed E-state index contributed by atoms with van der Waals surface area (Å²) in [5.41, 5.74) is 6.60. The molecule has 0 bridgehead atoms. The first-order chi connectivity index (χ1) is 7.54. The van der Waals surface area contributed by atoms with Crippen molar-refractivity contribution < 1.29 is 4.74 Å². The first-order valence-electron chi connectivity index (χ1n) is 4.96. The van der Waals surface area contributed by atoms with Gasteiger partial charge in [0.15, 0.2) is 0 Å². The highest BCUT2D eigenvalue weighted by Gasteiger charge is 2.10. The number of hydrogen-bond acceptors (Lipinski definition) is 5. The van der Waals surface area contributed by atoms with E-state index in [4.69, 9.17) is 10.5 Å². The molecule has 0 aliphatic rings. The highest BCUT2D eigenvalue weighted by Crippen LogP contribution is 2.23. The Hall–Kier alpha value is -0.330. The van der Waals surface area contributed by atoms with E-state index in [0.29, 0.717) is 17.7 Å². The monoisotopic (exact) mass is 305 g/mol. The smallest absolute Gasteiger partial charge is 0.141 e. The van der Waals surface area contributed by atoms with Crippen molar-refractivity contribution in [1.82, 2.24) is 9.97 Å². The number of nitrogens with zero attached hydrogens (tertiary/aromatic N) is 2. The van der Waals surface area contributed by atoms with Crippen LogP contribution in [0.2, 0.25) is 0 Å². The van der Waals surface area contributed by atoms with Crippen LogP contribution >= 0.6 is 27.7 Å². The topological polar surface area (TPSA) is 61.0 Å². The maximum Gasteiger partial charge on any atom is 0.141 e. The molecule has 16 heavy (non-hydrogen) atoms. The van der Waals surface area contributed by atoms with Crippen LogP contribution < -0.4 is 5.73 Å². The number of ether oxygens (including phenoxy) is 1. The molecule has 4 nitrogen and oxygen atoms in total. The molecule has 0 spiro atoms. The predicted molar refractivity (Wildman–Crippen MR) is 71.3 cm³/mol. The van der Waals surface area contributed by atoms with Gasteiger partial charge < -0.3 is 10.5 Å². The SMILES string of the molecule is COCc1nc(CSC(C)C)nc(N)c1Br. The fourth-order valence-corrected chi connectivity index (χ4v) is 2.01. The molecule has 1 heterocycles. The molecule has 0 saturated heterocycles. The van der Waals surface area contributed by atoms with Gasteiger partial charge in [0, 0.05) is 7.11 Å². The van der Waals surface area contributed by atoms with Crippen LogP contribution in [0.15, 0.2) is 4.47 Å². The molecule has 0 unspecified atom stereocenters. The summed E-state index contributed by atoms with van der Waals surface area (Å²) in [6, 6.07) is 0. The number of anilines is 1. The third-order valence-corrected chi connectivity index (χ3v) is 3.77. The normalized spacial score (nSPS) is 11.1. The fraction of sp³-hybridized carbons (Fsp3) is 0.600. The van der Waals surface area contributed by atoms with Crippen LogP contribution in [0.5, 0.6) is 0 Å². The third-order valence-electron chi connectivity index (χ3n) is 1.82. The Morgan fingerprint density at radius 2 is 2.12 bits per heavy atom. The largest absolute Gasteiger partial charge is 0.383 e. The van der Waals surface area contributed by atoms with Crippen LogP contribution in [0.4, 0.5) is 5.82 Å². The molecular weight excluding hydrogens is 290 g/mol. The van der Waals surface area contributed by atoms with Gasteiger partial charge in [0.05, 0.1) is 22.5 Å². The van der Waals surface area contributed by atoms with Crippen LogP contribution in [-0.4, -0.2) is 22.3 Å². The highest BCUT2D eigenvalue weighted by atomic mass is 79.9. The Morgan fingerprint density at radius 1 is 1.44 bits per heavy atom. The van der Waals surface area contributed by atoms with Gasteiger partial charge in [-0.15, -0.1) is 0 Å². The van der Waals surface area contributed by atoms with Crippen LogP contribution in [0.3, 0.4) is 0 Å². The van der Waals surface area contributed by atoms with Crippen molar-refractivity contribution in [2.75, 3.05) is 12.8 Å². The number of methoxy groups -OCH3 is 1. The van der Waals surface area contributed by atoms with Crippen molar-refractivity contribution in [1.29, 1.82) is 0 Å². The quantitative estimate of drug-likeness (QED) is 0.906. The zero-order valence-electron chi connectivity index (χ0n) is 9.66. The Morgan fingerprint density at radius 3 is 2.69 bits per heavy atom. The van der Waals surface area contributed by atoms with Crippen molar-refractivity contribution in [2.24, 2.45) is 0 Å². The average Bonchev–Trinajstić information content (AvgIpc) is 2.22. The van der Waals surface area contributed by atoms with E-state index in [-0.39, 0.29) is 0 Å². The van der Waals surface area contributed by atoms with Gasteiger partial charge in [0.25, 0.3) is 0 Å². The minimum atomic E-state index is 0.437. The second kappa shape index (κ2) is 6.42. The predicted octanol–water partition coefficient (Wildman–Crippen LogP) is 2.61. The highest BCUT2D eigenvalue weighted by molar-refractivity contribution is 9.10. The van der Waals surface area contributed by atoms with Crippen LogP contribution in [0.1, 0.15) is 25.4 Å². The Labute approximate surface area is 109 Å². The lowest BCUT2D eigenvalue weighted by Gasteiger charge is -2.09. The molecular formula is C10H16BrN3OS. The van der Waals surface area contributed by atoms with Crippen molar-refractivity contribution in [2.45, 2.75) is 31.5 Å². The zero-order chi connectivity index (χ0) is 12.1. The van der Waals surface area contributed by atoms with E-state index in [1.807, 2.05) is 0 Å². The van der Waals surface area contributed by atoms with Gasteiger partial charge in [-0.25, -0.2) is 9.97 Å². The van der Waals surface area contributed by atoms with E-state index in [9.17, 15) is 0 Å². The van der Waals surface area contributed by atoms with E-state index < -0.39 is 0 Å². The van der Waals surface area contributed by atoms with Gasteiger partial charge in [-0.1, -0.05) is 13.8 Å². The summed E-state index contributed by atoms with van der Waals surface area (Å²) in [7, 11) is 1.63. The van der Waals surface area contributed by atoms with Gasteiger partial charge in [0.2, 0.25) is 0 Å². The summed E-state index contributed by atoms with van der Waals surface area (Å²) in [5.74, 6) is 2.00. The van der Waals surface area contributed by atoms with Gasteiger partial charge in [-0.2, -0.15) is 11.8 Å². The van der Waals surface area contributed by atoms with Crippen molar-refractivity contribution in [3.05, 3.63) is 16.0 Å². The van der Waals surface area contributed by atoms with Crippen molar-refractivity contribution in [3.8, 4) is 0 Å². The lowest BCUT2D eigenvalue weighted by Crippen LogP contribution is -2.06. The number of halogens is 1. The van der Waals surface area contributed by atoms with Crippen molar-refractivity contribution >= 4 is 33.5 Å². The zero-order valence-corrected chi connectivity index (χ0v) is 12.1. The summed E-state index contributed by atoms with van der Waals surface area (Å²) in [6.45, 7) is 4.72. The molecule has 0 radical (unpaired) electrons. The van der Waals surface area contributed by atoms with E-state index in [1.54, 1.807) is 18.9 Å². The summed E-state index contributed by atoms with van der Waals surface area (Å²) < 4.78 is 5.79. The second-order valence-corrected chi connectivity index (χ2v) is 5.94. The Bertz CT molecular complexity index is 360. The number of nitrogens with two attached hydrogens (primary N) is 1. The Kier molecular flexibility index (Phi) is 5.51. The molecule has 0 aliphatic heterocycles. The molecule has 0 atom stereocenters. The maximum atomic E-state index is 5.80. The van der Waals surface area contributed by atoms with E-state index in [2.05, 4.69) is 39.7 Å². The van der Waals surface area contributed by atoms with Crippen LogP contribution in [0, 0.1) is 0 Å². The lowest BCUT2D eigenvalue weighted by molar-refractivity contribution is 0.180. The van der Waals surface area contributed by atoms with Gasteiger partial charge in [0.1, 0.15) is 11.6 Å². The molecule has 0 amide bonds. The summed E-state index contributed by atoms with van der Waals surface area (Å²) >= 11 is 5.15. The first kappa shape index (κ1) is 13.7. The minimum Gasteiger partial charge on any atom is -0.383 e. The van der Waals surface area contributed by atoms with Gasteiger partial charge in [-0.05, 0) is 21.2 Å². The summed E-state index contributed by atoms with van der Waals surface area (Å²) in [6.07, 6.45) is 0. The molecule has 1 aromatic rings. The van der Waals surface area contributed by atoms with E-state index >= 15 is 0 Å². The number of aromatic nitrogens is 2. The summed E-state index contributed by atoms with van der Waals surface area (Å²) in [5, 5.41) is 0.555. The van der Waals surface area contributed by atoms with Gasteiger partial charge in [-0.3, -0.25) is 0 Å². The van der Waals surface area contributed by atoms with Crippen molar-refractivity contribution in [3.63, 3.8) is 0 Å². The standard InChI is InChI=1S/C10H16BrN3OS/c1-6(2)16-5-8-13-7(4-15-3)9(11)10(12)14-8/h6H,4-5H2,1-3H3,(H2,12,13,14). The van der Waals surface area contributed by atoms with Crippen LogP contribution in [-0.2, 0) is 17.1 Å². The molecule has 2 N–H and O–H groups in total. The molecule has 0 aliphatic carbocycles. The molecule has 0 fully saturated rings. The van der Waals surface area contributed by atoms with E-state index in [0.717, 1.165) is 21.7 Å². The van der Waals surface area contributed by atoms with Crippen LogP contribution in [0.25, 0.3) is 0 Å². The molecule has 0 saturated carbocycles. The second-order valence-electron chi connectivity index (χ2n) is 3.58. The lowest BCUT2D eigenvalue weighted by atomic mass is 10.4. The average molecular weight is 306 g/mol.